The van der Waals surface area contributed by atoms with Crippen molar-refractivity contribution in [3.8, 4) is 45.6 Å². The van der Waals surface area contributed by atoms with E-state index in [9.17, 15) is 0 Å². The maximum Gasteiger partial charge on any atom is 0.0886 e. The maximum absolute atomic E-state index is 4.47. The number of aliphatic imine (C=N–C) groups is 2. The topological polar surface area (TPSA) is 154 Å². The molecule has 0 bridgehead atoms. The molecule has 0 amide bonds. The summed E-state index contributed by atoms with van der Waals surface area (Å²) in [5.41, 5.74) is 13.3. The van der Waals surface area contributed by atoms with Crippen molar-refractivity contribution < 1.29 is 39.0 Å². The quantitative estimate of drug-likeness (QED) is 0.0955. The number of hydrogen-bond donors (Lipinski definition) is 0. The molecule has 12 rings (SSSR count). The van der Waals surface area contributed by atoms with Crippen molar-refractivity contribution in [2.45, 2.75) is 6.42 Å². The van der Waals surface area contributed by atoms with Crippen LogP contribution in [0.5, 0.6) is 0 Å². The Hall–Kier alpha value is -9.47. The van der Waals surface area contributed by atoms with Gasteiger partial charge < -0.3 is 0 Å². The van der Waals surface area contributed by atoms with Gasteiger partial charge in [-0.3, -0.25) is 59.8 Å². The number of pyridine rings is 10. The van der Waals surface area contributed by atoms with Crippen LogP contribution < -0.4 is 0 Å². The molecule has 2 aromatic carbocycles. The minimum absolute atomic E-state index is 0. The SMILES string of the molecule is C(=Nc1ccc(Cc2ccc(N=Cc3ccccn3)cc2)cc1)c1ccccn1.[Ru].[Ru].c1ccc(-c2ccccn2)nc1.c1ccc(-c2ccccn2)nc1.c1ccc(-c2ccccn2)nc1.c1ccc(-c2ccccn2)nc1. The molecule has 0 atom stereocenters. The van der Waals surface area contributed by atoms with E-state index in [1.54, 1.807) is 74.4 Å². The molecule has 388 valence electrons. The van der Waals surface area contributed by atoms with Crippen LogP contribution in [0.4, 0.5) is 11.4 Å². The van der Waals surface area contributed by atoms with Crippen molar-refractivity contribution in [2.75, 3.05) is 0 Å². The Bertz CT molecular complexity index is 2990. The van der Waals surface area contributed by atoms with Crippen LogP contribution in [0.25, 0.3) is 45.6 Å². The fraction of sp³-hybridized carbons (Fsp3) is 0.0154. The van der Waals surface area contributed by atoms with Crippen LogP contribution in [0.15, 0.2) is 302 Å². The molecule has 0 radical (unpaired) electrons. The molecule has 0 saturated carbocycles. The summed E-state index contributed by atoms with van der Waals surface area (Å²) >= 11 is 0. The summed E-state index contributed by atoms with van der Waals surface area (Å²) in [7, 11) is 0. The average Bonchev–Trinajstić information content (AvgIpc) is 3.54. The summed E-state index contributed by atoms with van der Waals surface area (Å²) < 4.78 is 0. The summed E-state index contributed by atoms with van der Waals surface area (Å²) in [5, 5.41) is 0. The number of nitrogens with zero attached hydrogens (tertiary/aromatic N) is 12. The standard InChI is InChI=1S/C25H20N4.4C10H8N2.2Ru/c1-3-15-26-24(5-1)18-28-22-11-7-20(8-12-22)17-21-9-13-23(14-10-21)29-19-25-6-2-4-16-27-25;4*1-3-7-11-9(5-1)10-6-2-4-8-12-10;;/h1-16,18-19H,17H2;4*1-8H;;. The molecule has 12 aromatic rings. The largest absolute Gasteiger partial charge is 0.255 e. The van der Waals surface area contributed by atoms with Gasteiger partial charge >= 0.3 is 0 Å². The third-order valence-corrected chi connectivity index (χ3v) is 10.7. The van der Waals surface area contributed by atoms with E-state index in [4.69, 9.17) is 0 Å². The Labute approximate surface area is 486 Å². The maximum atomic E-state index is 4.47. The third kappa shape index (κ3) is 20.9. The van der Waals surface area contributed by atoms with Gasteiger partial charge in [-0.25, -0.2) is 0 Å². The van der Waals surface area contributed by atoms with Crippen molar-refractivity contribution in [2.24, 2.45) is 9.98 Å². The predicted molar refractivity (Wildman–Crippen MR) is 309 cm³/mol. The molecule has 0 saturated heterocycles. The second kappa shape index (κ2) is 34.2. The van der Waals surface area contributed by atoms with Gasteiger partial charge in [0.05, 0.1) is 80.7 Å². The predicted octanol–water partition coefficient (Wildman–Crippen LogP) is 14.1. The zero-order chi connectivity index (χ0) is 52.6. The van der Waals surface area contributed by atoms with Gasteiger partial charge in [-0.15, -0.1) is 0 Å². The first-order chi connectivity index (χ1) is 38.2. The fourth-order valence-electron chi connectivity index (χ4n) is 6.94. The van der Waals surface area contributed by atoms with E-state index < -0.39 is 0 Å². The third-order valence-electron chi connectivity index (χ3n) is 10.7. The second-order valence-electron chi connectivity index (χ2n) is 16.3. The zero-order valence-corrected chi connectivity index (χ0v) is 46.1. The van der Waals surface area contributed by atoms with E-state index in [-0.39, 0.29) is 39.0 Å². The van der Waals surface area contributed by atoms with Crippen LogP contribution in [0.1, 0.15) is 22.5 Å². The Morgan fingerprint density at radius 1 is 0.228 bits per heavy atom. The normalized spacial score (nSPS) is 10.0. The van der Waals surface area contributed by atoms with E-state index in [0.29, 0.717) is 0 Å². The fourth-order valence-corrected chi connectivity index (χ4v) is 6.94. The van der Waals surface area contributed by atoms with Gasteiger partial charge in [0.1, 0.15) is 0 Å². The first-order valence-electron chi connectivity index (χ1n) is 24.6. The van der Waals surface area contributed by atoms with Gasteiger partial charge in [-0.05, 0) is 163 Å². The van der Waals surface area contributed by atoms with E-state index in [2.05, 4.69) is 84.1 Å². The summed E-state index contributed by atoms with van der Waals surface area (Å²) in [5.74, 6) is 0. The summed E-state index contributed by atoms with van der Waals surface area (Å²) in [6.07, 6.45) is 22.1. The number of rotatable bonds is 10. The molecule has 0 aliphatic carbocycles. The first-order valence-corrected chi connectivity index (χ1v) is 24.6. The first kappa shape index (κ1) is 58.8. The van der Waals surface area contributed by atoms with E-state index >= 15 is 0 Å². The van der Waals surface area contributed by atoms with Crippen LogP contribution in [0, 0.1) is 0 Å². The summed E-state index contributed by atoms with van der Waals surface area (Å²) in [6.45, 7) is 0. The molecule has 0 N–H and O–H groups in total. The second-order valence-corrected chi connectivity index (χ2v) is 16.3. The molecule has 0 fully saturated rings. The molecule has 0 aliphatic heterocycles. The molecule has 14 heteroatoms. The molecule has 79 heavy (non-hydrogen) atoms. The smallest absolute Gasteiger partial charge is 0.0886 e. The van der Waals surface area contributed by atoms with Gasteiger partial charge in [0, 0.05) is 101 Å². The Morgan fingerprint density at radius 2 is 0.430 bits per heavy atom. The van der Waals surface area contributed by atoms with Crippen molar-refractivity contribution in [1.29, 1.82) is 0 Å². The molecule has 12 nitrogen and oxygen atoms in total. The van der Waals surface area contributed by atoms with Crippen LogP contribution in [0.2, 0.25) is 0 Å². The van der Waals surface area contributed by atoms with Crippen LogP contribution >= 0.6 is 0 Å². The minimum Gasteiger partial charge on any atom is -0.255 e. The van der Waals surface area contributed by atoms with Gasteiger partial charge in [0.25, 0.3) is 0 Å². The summed E-state index contributed by atoms with van der Waals surface area (Å²) in [6, 6.07) is 74.5. The van der Waals surface area contributed by atoms with E-state index in [0.717, 1.165) is 74.7 Å². The van der Waals surface area contributed by atoms with Crippen molar-refractivity contribution in [3.63, 3.8) is 0 Å². The molecule has 10 aromatic heterocycles. The number of benzene rings is 2. The molecular weight excluding hydrogens is 1150 g/mol. The minimum atomic E-state index is 0. The van der Waals surface area contributed by atoms with E-state index in [1.165, 1.54) is 11.1 Å². The van der Waals surface area contributed by atoms with Crippen LogP contribution in [-0.2, 0) is 45.4 Å². The molecule has 0 aliphatic rings. The van der Waals surface area contributed by atoms with Gasteiger partial charge in [0.15, 0.2) is 0 Å². The molecule has 0 spiro atoms. The monoisotopic (exact) mass is 1200 g/mol. The Balaban J connectivity index is 0.000000170. The van der Waals surface area contributed by atoms with Crippen molar-refractivity contribution in [3.05, 3.63) is 315 Å². The van der Waals surface area contributed by atoms with Crippen LogP contribution in [-0.4, -0.2) is 62.3 Å². The number of aromatic nitrogens is 10. The summed E-state index contributed by atoms with van der Waals surface area (Å²) in [4.78, 5) is 50.9. The van der Waals surface area contributed by atoms with Crippen molar-refractivity contribution in [1.82, 2.24) is 49.8 Å². The molecule has 10 heterocycles. The number of hydrogen-bond acceptors (Lipinski definition) is 12. The van der Waals surface area contributed by atoms with Gasteiger partial charge in [0.2, 0.25) is 0 Å². The van der Waals surface area contributed by atoms with Gasteiger partial charge in [-0.2, -0.15) is 0 Å². The Morgan fingerprint density at radius 3 is 0.608 bits per heavy atom. The van der Waals surface area contributed by atoms with E-state index in [1.807, 2.05) is 206 Å². The average molecular weight is 1200 g/mol. The van der Waals surface area contributed by atoms with Gasteiger partial charge in [-0.1, -0.05) is 84.9 Å². The molecule has 0 unspecified atom stereocenters. The Kier molecular flexibility index (Phi) is 25.5. The van der Waals surface area contributed by atoms with Crippen LogP contribution in [0.3, 0.4) is 0 Å². The van der Waals surface area contributed by atoms with Crippen molar-refractivity contribution >= 4 is 23.8 Å². The zero-order valence-electron chi connectivity index (χ0n) is 42.6. The molecular formula is C65H52N12Ru2.